The largest absolute Gasteiger partial charge is 0.354 e. The second-order valence-electron chi connectivity index (χ2n) is 4.52. The quantitative estimate of drug-likeness (QED) is 0.771. The molecule has 1 aromatic rings. The number of sulfonamides is 1. The summed E-state index contributed by atoms with van der Waals surface area (Å²) < 4.78 is 24.6. The van der Waals surface area contributed by atoms with E-state index in [9.17, 15) is 8.42 Å². The van der Waals surface area contributed by atoms with E-state index in [2.05, 4.69) is 14.9 Å². The van der Waals surface area contributed by atoms with Crippen LogP contribution in [0.25, 0.3) is 0 Å². The smallest absolute Gasteiger partial charge is 0.211 e. The van der Waals surface area contributed by atoms with Crippen LogP contribution in [-0.2, 0) is 10.0 Å². The molecule has 0 aliphatic carbocycles. The number of anilines is 1. The molecule has 2 rings (SSSR count). The van der Waals surface area contributed by atoms with Gasteiger partial charge in [0, 0.05) is 32.4 Å². The third kappa shape index (κ3) is 3.17. The maximum absolute atomic E-state index is 11.5. The molecule has 18 heavy (non-hydrogen) atoms. The fraction of sp³-hybridized carbons (Fsp3) is 0.636. The second-order valence-corrected chi connectivity index (χ2v) is 6.50. The van der Waals surface area contributed by atoms with Gasteiger partial charge in [-0.15, -0.1) is 0 Å². The van der Waals surface area contributed by atoms with Gasteiger partial charge in [0.05, 0.1) is 18.1 Å². The molecular weight excluding hydrogens is 252 g/mol. The van der Waals surface area contributed by atoms with Crippen molar-refractivity contribution >= 4 is 15.8 Å². The summed E-state index contributed by atoms with van der Waals surface area (Å²) in [6.45, 7) is 4.45. The second kappa shape index (κ2) is 5.19. The normalized spacial score (nSPS) is 18.7. The topological polar surface area (TPSA) is 66.4 Å². The van der Waals surface area contributed by atoms with Crippen molar-refractivity contribution < 1.29 is 8.42 Å². The summed E-state index contributed by atoms with van der Waals surface area (Å²) in [7, 11) is -3.09. The Kier molecular flexibility index (Phi) is 3.82. The molecule has 100 valence electrons. The van der Waals surface area contributed by atoms with Crippen LogP contribution >= 0.6 is 0 Å². The van der Waals surface area contributed by atoms with Crippen molar-refractivity contribution in [1.29, 1.82) is 0 Å². The van der Waals surface area contributed by atoms with E-state index >= 15 is 0 Å². The van der Waals surface area contributed by atoms with E-state index in [0.717, 1.165) is 24.5 Å². The number of nitrogens with zero attached hydrogens (tertiary/aromatic N) is 4. The summed E-state index contributed by atoms with van der Waals surface area (Å²) in [5.74, 6) is 0.824. The minimum Gasteiger partial charge on any atom is -0.354 e. The first-order valence-electron chi connectivity index (χ1n) is 5.95. The van der Waals surface area contributed by atoms with Gasteiger partial charge in [-0.25, -0.2) is 17.7 Å². The van der Waals surface area contributed by atoms with Gasteiger partial charge >= 0.3 is 0 Å². The lowest BCUT2D eigenvalue weighted by Crippen LogP contribution is -2.34. The van der Waals surface area contributed by atoms with E-state index in [1.807, 2.05) is 6.92 Å². The maximum Gasteiger partial charge on any atom is 0.211 e. The average Bonchev–Trinajstić information content (AvgIpc) is 2.53. The molecule has 0 amide bonds. The molecule has 1 fully saturated rings. The molecule has 0 aromatic carbocycles. The number of hydrogen-bond donors (Lipinski definition) is 0. The van der Waals surface area contributed by atoms with Crippen LogP contribution in [0.1, 0.15) is 12.1 Å². The molecular formula is C11H18N4O2S. The summed E-state index contributed by atoms with van der Waals surface area (Å²) in [6.07, 6.45) is 5.51. The van der Waals surface area contributed by atoms with Crippen molar-refractivity contribution in [3.8, 4) is 0 Å². The lowest BCUT2D eigenvalue weighted by Gasteiger charge is -2.21. The molecule has 6 nitrogen and oxygen atoms in total. The van der Waals surface area contributed by atoms with Gasteiger partial charge in [0.1, 0.15) is 5.82 Å². The van der Waals surface area contributed by atoms with Gasteiger partial charge in [-0.2, -0.15) is 0 Å². The van der Waals surface area contributed by atoms with Crippen LogP contribution < -0.4 is 4.90 Å². The highest BCUT2D eigenvalue weighted by atomic mass is 32.2. The predicted octanol–water partition coefficient (Wildman–Crippen LogP) is 0.257. The van der Waals surface area contributed by atoms with Gasteiger partial charge in [0.15, 0.2) is 0 Å². The number of aromatic nitrogens is 2. The molecule has 0 spiro atoms. The highest BCUT2D eigenvalue weighted by Crippen LogP contribution is 2.14. The Labute approximate surface area is 108 Å². The fourth-order valence-corrected chi connectivity index (χ4v) is 2.93. The van der Waals surface area contributed by atoms with Crippen LogP contribution in [0.5, 0.6) is 0 Å². The predicted molar refractivity (Wildman–Crippen MR) is 70.0 cm³/mol. The van der Waals surface area contributed by atoms with Crippen LogP contribution in [0.3, 0.4) is 0 Å². The molecule has 1 aliphatic rings. The summed E-state index contributed by atoms with van der Waals surface area (Å²) in [5.41, 5.74) is 0.872. The Morgan fingerprint density at radius 1 is 1.17 bits per heavy atom. The molecule has 0 saturated carbocycles. The molecule has 0 N–H and O–H groups in total. The van der Waals surface area contributed by atoms with E-state index in [4.69, 9.17) is 0 Å². The summed E-state index contributed by atoms with van der Waals surface area (Å²) in [4.78, 5) is 10.6. The lowest BCUT2D eigenvalue weighted by atomic mass is 10.4. The molecule has 0 unspecified atom stereocenters. The maximum atomic E-state index is 11.5. The molecule has 1 aromatic heterocycles. The SMILES string of the molecule is Cc1cncc(N2CCCN(S(C)(=O)=O)CC2)n1. The molecule has 1 saturated heterocycles. The monoisotopic (exact) mass is 270 g/mol. The highest BCUT2D eigenvalue weighted by Gasteiger charge is 2.21. The zero-order valence-electron chi connectivity index (χ0n) is 10.7. The molecule has 0 atom stereocenters. The van der Waals surface area contributed by atoms with Crippen LogP contribution in [-0.4, -0.2) is 55.1 Å². The van der Waals surface area contributed by atoms with Gasteiger partial charge < -0.3 is 4.90 Å². The molecule has 1 aliphatic heterocycles. The first-order valence-corrected chi connectivity index (χ1v) is 7.80. The highest BCUT2D eigenvalue weighted by molar-refractivity contribution is 7.88. The Hall–Kier alpha value is -1.21. The number of aryl methyl sites for hydroxylation is 1. The third-order valence-electron chi connectivity index (χ3n) is 2.99. The Morgan fingerprint density at radius 2 is 1.94 bits per heavy atom. The van der Waals surface area contributed by atoms with Crippen LogP contribution in [0.15, 0.2) is 12.4 Å². The van der Waals surface area contributed by atoms with Crippen LogP contribution in [0.2, 0.25) is 0 Å². The number of rotatable bonds is 2. The van der Waals surface area contributed by atoms with Crippen molar-refractivity contribution in [3.05, 3.63) is 18.1 Å². The minimum atomic E-state index is -3.09. The summed E-state index contributed by atoms with van der Waals surface area (Å²) in [5, 5.41) is 0. The number of hydrogen-bond acceptors (Lipinski definition) is 5. The van der Waals surface area contributed by atoms with Crippen LogP contribution in [0, 0.1) is 6.92 Å². The van der Waals surface area contributed by atoms with E-state index in [1.54, 1.807) is 12.4 Å². The Balaban J connectivity index is 2.10. The lowest BCUT2D eigenvalue weighted by molar-refractivity contribution is 0.437. The molecule has 0 bridgehead atoms. The van der Waals surface area contributed by atoms with Crippen LogP contribution in [0.4, 0.5) is 5.82 Å². The first kappa shape index (κ1) is 13.2. The van der Waals surface area contributed by atoms with Gasteiger partial charge in [0.2, 0.25) is 10.0 Å². The average molecular weight is 270 g/mol. The third-order valence-corrected chi connectivity index (χ3v) is 4.29. The first-order chi connectivity index (χ1) is 8.47. The van der Waals surface area contributed by atoms with Crippen molar-refractivity contribution in [2.75, 3.05) is 37.3 Å². The van der Waals surface area contributed by atoms with E-state index in [0.29, 0.717) is 19.6 Å². The van der Waals surface area contributed by atoms with Crippen molar-refractivity contribution in [2.45, 2.75) is 13.3 Å². The Morgan fingerprint density at radius 3 is 2.61 bits per heavy atom. The molecule has 0 radical (unpaired) electrons. The van der Waals surface area contributed by atoms with Gasteiger partial charge in [-0.3, -0.25) is 4.98 Å². The van der Waals surface area contributed by atoms with Crippen molar-refractivity contribution in [3.63, 3.8) is 0 Å². The fourth-order valence-electron chi connectivity index (χ4n) is 2.06. The molecule has 7 heteroatoms. The van der Waals surface area contributed by atoms with Crippen molar-refractivity contribution in [2.24, 2.45) is 0 Å². The zero-order valence-corrected chi connectivity index (χ0v) is 11.5. The summed E-state index contributed by atoms with van der Waals surface area (Å²) >= 11 is 0. The summed E-state index contributed by atoms with van der Waals surface area (Å²) in [6, 6.07) is 0. The molecule has 2 heterocycles. The van der Waals surface area contributed by atoms with Gasteiger partial charge in [-0.05, 0) is 13.3 Å². The van der Waals surface area contributed by atoms with E-state index in [1.165, 1.54) is 10.6 Å². The van der Waals surface area contributed by atoms with E-state index in [-0.39, 0.29) is 0 Å². The Bertz CT molecular complexity index is 518. The standard InChI is InChI=1S/C11H18N4O2S/c1-10-8-12-9-11(13-10)14-4-3-5-15(7-6-14)18(2,16)17/h8-9H,3-7H2,1-2H3. The van der Waals surface area contributed by atoms with Gasteiger partial charge in [-0.1, -0.05) is 0 Å². The van der Waals surface area contributed by atoms with E-state index < -0.39 is 10.0 Å². The van der Waals surface area contributed by atoms with Gasteiger partial charge in [0.25, 0.3) is 0 Å². The minimum absolute atomic E-state index is 0.508. The van der Waals surface area contributed by atoms with Crippen molar-refractivity contribution in [1.82, 2.24) is 14.3 Å². The zero-order chi connectivity index (χ0) is 13.2.